The molecule has 1 aromatic rings. The number of halogens is 1. The van der Waals surface area contributed by atoms with E-state index >= 15 is 0 Å². The molecular weight excluding hydrogens is 376 g/mol. The number of carbonyl (C=O) groups excluding carboxylic acids is 2. The zero-order chi connectivity index (χ0) is 16.5. The van der Waals surface area contributed by atoms with Gasteiger partial charge in [0.2, 0.25) is 15.9 Å². The molecule has 120 valence electrons. The highest BCUT2D eigenvalue weighted by Crippen LogP contribution is 2.30. The minimum Gasteiger partial charge on any atom is -0.462 e. The van der Waals surface area contributed by atoms with Crippen molar-refractivity contribution in [2.45, 2.75) is 18.6 Å². The lowest BCUT2D eigenvalue weighted by molar-refractivity contribution is -0.117. The number of rotatable bonds is 4. The Labute approximate surface area is 136 Å². The Balaban J connectivity index is 2.41. The first kappa shape index (κ1) is 16.9. The van der Waals surface area contributed by atoms with Gasteiger partial charge in [-0.25, -0.2) is 18.4 Å². The van der Waals surface area contributed by atoms with E-state index < -0.39 is 27.1 Å². The second kappa shape index (κ2) is 6.35. The molecule has 0 aromatic heterocycles. The van der Waals surface area contributed by atoms with Gasteiger partial charge < -0.3 is 9.64 Å². The Hall–Kier alpha value is -1.45. The fraction of sp³-hybridized carbons (Fsp3) is 0.385. The monoisotopic (exact) mass is 390 g/mol. The van der Waals surface area contributed by atoms with Gasteiger partial charge in [-0.05, 0) is 25.1 Å². The predicted octanol–water partition coefficient (Wildman–Crippen LogP) is 1.02. The Morgan fingerprint density at radius 2 is 2.18 bits per heavy atom. The predicted molar refractivity (Wildman–Crippen MR) is 84.0 cm³/mol. The van der Waals surface area contributed by atoms with Crippen molar-refractivity contribution in [1.29, 1.82) is 0 Å². The number of nitrogens with two attached hydrogens (primary N) is 1. The van der Waals surface area contributed by atoms with Crippen molar-refractivity contribution in [1.82, 2.24) is 0 Å². The maximum absolute atomic E-state index is 12.1. The molecule has 1 unspecified atom stereocenters. The molecule has 1 saturated heterocycles. The second-order valence-electron chi connectivity index (χ2n) is 4.80. The largest absolute Gasteiger partial charge is 0.462 e. The van der Waals surface area contributed by atoms with Gasteiger partial charge in [-0.2, -0.15) is 0 Å². The molecule has 1 aromatic carbocycles. The van der Waals surface area contributed by atoms with E-state index in [1.165, 1.54) is 11.0 Å². The third kappa shape index (κ3) is 3.47. The summed E-state index contributed by atoms with van der Waals surface area (Å²) in [4.78, 5) is 25.4. The number of nitrogens with zero attached hydrogens (tertiary/aromatic N) is 1. The number of esters is 1. The molecule has 1 heterocycles. The van der Waals surface area contributed by atoms with Gasteiger partial charge in [0.15, 0.2) is 0 Å². The normalized spacial score (nSPS) is 18.6. The number of carbonyl (C=O) groups is 2. The van der Waals surface area contributed by atoms with Crippen molar-refractivity contribution in [3.8, 4) is 0 Å². The summed E-state index contributed by atoms with van der Waals surface area (Å²) in [5.74, 6) is -0.974. The van der Waals surface area contributed by atoms with Crippen LogP contribution in [-0.2, 0) is 19.6 Å². The lowest BCUT2D eigenvalue weighted by Gasteiger charge is -2.19. The summed E-state index contributed by atoms with van der Waals surface area (Å²) in [6.45, 7) is 1.79. The number of hydrogen-bond donors (Lipinski definition) is 1. The summed E-state index contributed by atoms with van der Waals surface area (Å²) < 4.78 is 28.5. The van der Waals surface area contributed by atoms with E-state index in [1.807, 2.05) is 0 Å². The van der Waals surface area contributed by atoms with Gasteiger partial charge in [0.1, 0.15) is 5.25 Å². The van der Waals surface area contributed by atoms with Gasteiger partial charge in [0.05, 0.1) is 17.9 Å². The lowest BCUT2D eigenvalue weighted by Crippen LogP contribution is -2.32. The second-order valence-corrected chi connectivity index (χ2v) is 7.56. The summed E-state index contributed by atoms with van der Waals surface area (Å²) in [5, 5.41) is 4.13. The van der Waals surface area contributed by atoms with Gasteiger partial charge in [-0.1, -0.05) is 15.9 Å². The van der Waals surface area contributed by atoms with Crippen LogP contribution in [0.5, 0.6) is 0 Å². The molecule has 2 N–H and O–H groups in total. The third-order valence-corrected chi connectivity index (χ3v) is 5.04. The molecule has 1 amide bonds. The van der Waals surface area contributed by atoms with E-state index in [0.717, 1.165) is 0 Å². The Morgan fingerprint density at radius 1 is 1.50 bits per heavy atom. The van der Waals surface area contributed by atoms with Crippen LogP contribution in [0.4, 0.5) is 5.69 Å². The van der Waals surface area contributed by atoms with Gasteiger partial charge in [0, 0.05) is 17.4 Å². The molecule has 0 bridgehead atoms. The lowest BCUT2D eigenvalue weighted by atomic mass is 10.1. The van der Waals surface area contributed by atoms with Crippen LogP contribution in [0.2, 0.25) is 0 Å². The van der Waals surface area contributed by atoms with Gasteiger partial charge >= 0.3 is 5.97 Å². The highest BCUT2D eigenvalue weighted by Gasteiger charge is 2.38. The molecule has 1 aliphatic heterocycles. The number of ether oxygens (including phenoxy) is 1. The molecule has 1 atom stereocenters. The minimum atomic E-state index is -3.82. The maximum Gasteiger partial charge on any atom is 0.340 e. The van der Waals surface area contributed by atoms with Crippen LogP contribution >= 0.6 is 15.9 Å². The van der Waals surface area contributed by atoms with Crippen LogP contribution in [0.1, 0.15) is 23.7 Å². The molecule has 22 heavy (non-hydrogen) atoms. The SMILES string of the molecule is CCOC(=O)c1cc(Br)ccc1N1CC(S(N)(=O)=O)CC1=O. The van der Waals surface area contributed by atoms with Crippen LogP contribution in [0.3, 0.4) is 0 Å². The van der Waals surface area contributed by atoms with Crippen molar-refractivity contribution >= 4 is 43.5 Å². The van der Waals surface area contributed by atoms with Crippen LogP contribution in [0, 0.1) is 0 Å². The molecule has 1 aliphatic rings. The van der Waals surface area contributed by atoms with E-state index in [4.69, 9.17) is 9.88 Å². The zero-order valence-corrected chi connectivity index (χ0v) is 14.2. The number of primary sulfonamides is 1. The van der Waals surface area contributed by atoms with E-state index in [0.29, 0.717) is 10.2 Å². The molecule has 0 spiro atoms. The first-order chi connectivity index (χ1) is 10.2. The highest BCUT2D eigenvalue weighted by atomic mass is 79.9. The van der Waals surface area contributed by atoms with Gasteiger partial charge in [0.25, 0.3) is 0 Å². The molecule has 0 saturated carbocycles. The summed E-state index contributed by atoms with van der Waals surface area (Å²) in [7, 11) is -3.82. The number of amides is 1. The van der Waals surface area contributed by atoms with Crippen molar-refractivity contribution in [2.24, 2.45) is 5.14 Å². The minimum absolute atomic E-state index is 0.0777. The quantitative estimate of drug-likeness (QED) is 0.772. The fourth-order valence-corrected chi connectivity index (χ4v) is 3.34. The van der Waals surface area contributed by atoms with Crippen molar-refractivity contribution < 1.29 is 22.7 Å². The van der Waals surface area contributed by atoms with Crippen LogP contribution in [0.25, 0.3) is 0 Å². The molecule has 1 fully saturated rings. The van der Waals surface area contributed by atoms with E-state index in [1.54, 1.807) is 19.1 Å². The summed E-state index contributed by atoms with van der Waals surface area (Å²) >= 11 is 3.26. The Bertz CT molecular complexity index is 719. The fourth-order valence-electron chi connectivity index (χ4n) is 2.24. The van der Waals surface area contributed by atoms with Gasteiger partial charge in [-0.3, -0.25) is 4.79 Å². The third-order valence-electron chi connectivity index (χ3n) is 3.30. The first-order valence-corrected chi connectivity index (χ1v) is 8.93. The zero-order valence-electron chi connectivity index (χ0n) is 11.8. The highest BCUT2D eigenvalue weighted by molar-refractivity contribution is 9.10. The number of sulfonamides is 1. The molecule has 2 rings (SSSR count). The molecule has 0 aliphatic carbocycles. The standard InChI is InChI=1S/C13H15BrN2O5S/c1-2-21-13(18)10-5-8(14)3-4-11(10)16-7-9(6-12(16)17)22(15,19)20/h3-5,9H,2,6-7H2,1H3,(H2,15,19,20). The van der Waals surface area contributed by atoms with Crippen molar-refractivity contribution in [3.63, 3.8) is 0 Å². The average molecular weight is 391 g/mol. The summed E-state index contributed by atoms with van der Waals surface area (Å²) in [5.41, 5.74) is 0.512. The topological polar surface area (TPSA) is 107 Å². The smallest absolute Gasteiger partial charge is 0.340 e. The van der Waals surface area contributed by atoms with E-state index in [9.17, 15) is 18.0 Å². The Morgan fingerprint density at radius 3 is 2.73 bits per heavy atom. The van der Waals surface area contributed by atoms with E-state index in [-0.39, 0.29) is 25.1 Å². The maximum atomic E-state index is 12.1. The molecule has 7 nitrogen and oxygen atoms in total. The van der Waals surface area contributed by atoms with Crippen LogP contribution < -0.4 is 10.0 Å². The first-order valence-electron chi connectivity index (χ1n) is 6.52. The molecule has 9 heteroatoms. The van der Waals surface area contributed by atoms with Crippen LogP contribution in [0.15, 0.2) is 22.7 Å². The number of hydrogen-bond acceptors (Lipinski definition) is 5. The van der Waals surface area contributed by atoms with Crippen LogP contribution in [-0.4, -0.2) is 38.7 Å². The van der Waals surface area contributed by atoms with E-state index in [2.05, 4.69) is 15.9 Å². The molecule has 0 radical (unpaired) electrons. The molecular formula is C13H15BrN2O5S. The van der Waals surface area contributed by atoms with Crippen molar-refractivity contribution in [3.05, 3.63) is 28.2 Å². The number of benzene rings is 1. The summed E-state index contributed by atoms with van der Waals surface area (Å²) in [6, 6.07) is 4.76. The van der Waals surface area contributed by atoms with Gasteiger partial charge in [-0.15, -0.1) is 0 Å². The average Bonchev–Trinajstić information content (AvgIpc) is 2.81. The summed E-state index contributed by atoms with van der Waals surface area (Å²) in [6.07, 6.45) is -0.197. The van der Waals surface area contributed by atoms with Crippen molar-refractivity contribution in [2.75, 3.05) is 18.1 Å². The Kier molecular flexibility index (Phi) is 4.88. The number of anilines is 1.